The summed E-state index contributed by atoms with van der Waals surface area (Å²) < 4.78 is 0. The summed E-state index contributed by atoms with van der Waals surface area (Å²) in [5.74, 6) is 1.13. The molecule has 1 aliphatic rings. The zero-order valence-electron chi connectivity index (χ0n) is 18.5. The highest BCUT2D eigenvalue weighted by molar-refractivity contribution is 14.0. The number of nitrogens with zero attached hydrogens (tertiary/aromatic N) is 2. The van der Waals surface area contributed by atoms with Crippen molar-refractivity contribution in [2.45, 2.75) is 65.6 Å². The molecule has 1 amide bonds. The molecule has 1 aliphatic carbocycles. The van der Waals surface area contributed by atoms with Crippen LogP contribution in [0.15, 0.2) is 29.3 Å². The van der Waals surface area contributed by atoms with Crippen LogP contribution in [0.25, 0.3) is 0 Å². The first kappa shape index (κ1) is 25.7. The third-order valence-electron chi connectivity index (χ3n) is 5.34. The molecule has 0 saturated heterocycles. The summed E-state index contributed by atoms with van der Waals surface area (Å²) in [6.45, 7) is 11.4. The molecule has 0 radical (unpaired) electrons. The van der Waals surface area contributed by atoms with Crippen LogP contribution in [0.5, 0.6) is 0 Å². The maximum Gasteiger partial charge on any atom is 0.227 e. The number of hydrogen-bond acceptors (Lipinski definition) is 3. The van der Waals surface area contributed by atoms with Crippen molar-refractivity contribution in [3.8, 4) is 0 Å². The minimum Gasteiger partial charge on any atom is -0.355 e. The van der Waals surface area contributed by atoms with Crippen molar-refractivity contribution >= 4 is 41.5 Å². The number of anilines is 1. The normalized spacial score (nSPS) is 14.6. The third-order valence-corrected chi connectivity index (χ3v) is 5.34. The van der Waals surface area contributed by atoms with Gasteiger partial charge in [-0.3, -0.25) is 14.7 Å². The highest BCUT2D eigenvalue weighted by Gasteiger charge is 2.25. The van der Waals surface area contributed by atoms with Gasteiger partial charge in [-0.15, -0.1) is 24.0 Å². The number of hydrogen-bond donors (Lipinski definition) is 3. The number of nitrogens with one attached hydrogen (secondary N) is 3. The molecule has 6 nitrogen and oxygen atoms in total. The number of guanidine groups is 1. The van der Waals surface area contributed by atoms with E-state index in [4.69, 9.17) is 0 Å². The smallest absolute Gasteiger partial charge is 0.227 e. The lowest BCUT2D eigenvalue weighted by Gasteiger charge is -2.30. The van der Waals surface area contributed by atoms with E-state index in [-0.39, 0.29) is 35.8 Å². The molecular formula is C22H38IN5O. The van der Waals surface area contributed by atoms with E-state index in [2.05, 4.69) is 59.6 Å². The summed E-state index contributed by atoms with van der Waals surface area (Å²) >= 11 is 0. The summed E-state index contributed by atoms with van der Waals surface area (Å²) in [6, 6.07) is 9.05. The van der Waals surface area contributed by atoms with E-state index in [9.17, 15) is 4.79 Å². The average molecular weight is 515 g/mol. The maximum atomic E-state index is 12.1. The SMILES string of the molecule is CN=C(NCCN(C(C)C)C(C)C)NCc1cccc(NC(=O)C2CCC2)c1.I. The zero-order valence-corrected chi connectivity index (χ0v) is 20.8. The first-order valence-electron chi connectivity index (χ1n) is 10.5. The van der Waals surface area contributed by atoms with Crippen molar-refractivity contribution in [3.63, 3.8) is 0 Å². The highest BCUT2D eigenvalue weighted by Crippen LogP contribution is 2.27. The number of aliphatic imine (C=N–C) groups is 1. The van der Waals surface area contributed by atoms with Crippen molar-refractivity contribution in [2.24, 2.45) is 10.9 Å². The monoisotopic (exact) mass is 515 g/mol. The number of halogens is 1. The van der Waals surface area contributed by atoms with E-state index < -0.39 is 0 Å². The van der Waals surface area contributed by atoms with Gasteiger partial charge < -0.3 is 16.0 Å². The second-order valence-corrected chi connectivity index (χ2v) is 8.10. The van der Waals surface area contributed by atoms with Gasteiger partial charge in [-0.1, -0.05) is 18.6 Å². The Morgan fingerprint density at radius 2 is 1.86 bits per heavy atom. The molecule has 29 heavy (non-hydrogen) atoms. The van der Waals surface area contributed by atoms with E-state index in [0.29, 0.717) is 18.6 Å². The van der Waals surface area contributed by atoms with Crippen molar-refractivity contribution in [1.29, 1.82) is 0 Å². The Morgan fingerprint density at radius 1 is 1.17 bits per heavy atom. The van der Waals surface area contributed by atoms with Crippen LogP contribution < -0.4 is 16.0 Å². The summed E-state index contributed by atoms with van der Waals surface area (Å²) in [5.41, 5.74) is 1.98. The second kappa shape index (κ2) is 13.1. The van der Waals surface area contributed by atoms with Crippen LogP contribution in [0.4, 0.5) is 5.69 Å². The number of rotatable bonds is 9. The molecule has 2 rings (SSSR count). The predicted octanol–water partition coefficient (Wildman–Crippen LogP) is 3.83. The molecule has 1 fully saturated rings. The Labute approximate surface area is 193 Å². The Balaban J connectivity index is 0.00000420. The maximum absolute atomic E-state index is 12.1. The molecule has 7 heteroatoms. The second-order valence-electron chi connectivity index (χ2n) is 8.10. The Hall–Kier alpha value is -1.35. The van der Waals surface area contributed by atoms with Gasteiger partial charge in [0.25, 0.3) is 0 Å². The predicted molar refractivity (Wildman–Crippen MR) is 133 cm³/mol. The molecule has 0 atom stereocenters. The van der Waals surface area contributed by atoms with Crippen LogP contribution in [0.3, 0.4) is 0 Å². The minimum atomic E-state index is 0. The van der Waals surface area contributed by atoms with Gasteiger partial charge in [0.1, 0.15) is 0 Å². The van der Waals surface area contributed by atoms with Crippen LogP contribution >= 0.6 is 24.0 Å². The van der Waals surface area contributed by atoms with Gasteiger partial charge in [-0.05, 0) is 58.2 Å². The molecule has 0 spiro atoms. The fourth-order valence-corrected chi connectivity index (χ4v) is 3.50. The third kappa shape index (κ3) is 8.50. The molecule has 0 unspecified atom stereocenters. The van der Waals surface area contributed by atoms with E-state index in [1.165, 1.54) is 6.42 Å². The summed E-state index contributed by atoms with van der Waals surface area (Å²) in [6.07, 6.45) is 3.19. The van der Waals surface area contributed by atoms with E-state index in [0.717, 1.165) is 43.1 Å². The molecule has 1 saturated carbocycles. The van der Waals surface area contributed by atoms with Gasteiger partial charge >= 0.3 is 0 Å². The molecule has 0 heterocycles. The highest BCUT2D eigenvalue weighted by atomic mass is 127. The zero-order chi connectivity index (χ0) is 20.5. The van der Waals surface area contributed by atoms with Crippen LogP contribution in [0, 0.1) is 5.92 Å². The summed E-state index contributed by atoms with van der Waals surface area (Å²) in [5, 5.41) is 9.77. The van der Waals surface area contributed by atoms with Crippen LogP contribution in [0.2, 0.25) is 0 Å². The van der Waals surface area contributed by atoms with Crippen LogP contribution in [-0.4, -0.2) is 49.0 Å². The molecular weight excluding hydrogens is 477 g/mol. The van der Waals surface area contributed by atoms with E-state index in [1.807, 2.05) is 18.2 Å². The van der Waals surface area contributed by atoms with Crippen molar-refractivity contribution in [2.75, 3.05) is 25.5 Å². The fraction of sp³-hybridized carbons (Fsp3) is 0.636. The Bertz CT molecular complexity index is 650. The summed E-state index contributed by atoms with van der Waals surface area (Å²) in [7, 11) is 1.78. The summed E-state index contributed by atoms with van der Waals surface area (Å²) in [4.78, 5) is 18.9. The standard InChI is InChI=1S/C22H37N5O.HI/c1-16(2)27(17(3)4)13-12-24-22(23-5)25-15-18-8-6-11-20(14-18)26-21(28)19-9-7-10-19;/h6,8,11,14,16-17,19H,7,9-10,12-13,15H2,1-5H3,(H,26,28)(H2,23,24,25);1H. The van der Waals surface area contributed by atoms with Crippen molar-refractivity contribution in [1.82, 2.24) is 15.5 Å². The molecule has 3 N–H and O–H groups in total. The molecule has 0 aliphatic heterocycles. The number of benzene rings is 1. The van der Waals surface area contributed by atoms with Crippen molar-refractivity contribution < 1.29 is 4.79 Å². The molecule has 1 aromatic carbocycles. The van der Waals surface area contributed by atoms with Gasteiger partial charge in [-0.2, -0.15) is 0 Å². The van der Waals surface area contributed by atoms with Crippen molar-refractivity contribution in [3.05, 3.63) is 29.8 Å². The first-order valence-corrected chi connectivity index (χ1v) is 10.5. The van der Waals surface area contributed by atoms with Crippen LogP contribution in [-0.2, 0) is 11.3 Å². The lowest BCUT2D eigenvalue weighted by atomic mass is 9.85. The minimum absolute atomic E-state index is 0. The van der Waals surface area contributed by atoms with E-state index in [1.54, 1.807) is 7.05 Å². The lowest BCUT2D eigenvalue weighted by Crippen LogP contribution is -2.45. The van der Waals surface area contributed by atoms with Gasteiger partial charge in [0.05, 0.1) is 0 Å². The number of carbonyl (C=O) groups excluding carboxylic acids is 1. The largest absolute Gasteiger partial charge is 0.355 e. The van der Waals surface area contributed by atoms with Gasteiger partial charge in [0, 0.05) is 50.4 Å². The number of amides is 1. The Kier molecular flexibility index (Phi) is 11.6. The van der Waals surface area contributed by atoms with E-state index >= 15 is 0 Å². The topological polar surface area (TPSA) is 68.8 Å². The van der Waals surface area contributed by atoms with Gasteiger partial charge in [-0.25, -0.2) is 0 Å². The average Bonchev–Trinajstić information content (AvgIpc) is 2.59. The van der Waals surface area contributed by atoms with Gasteiger partial charge in [0.2, 0.25) is 5.91 Å². The molecule has 0 bridgehead atoms. The lowest BCUT2D eigenvalue weighted by molar-refractivity contribution is -0.122. The van der Waals surface area contributed by atoms with Gasteiger partial charge in [0.15, 0.2) is 5.96 Å². The first-order chi connectivity index (χ1) is 13.4. The molecule has 1 aromatic rings. The molecule has 0 aromatic heterocycles. The fourth-order valence-electron chi connectivity index (χ4n) is 3.50. The van der Waals surface area contributed by atoms with Crippen LogP contribution in [0.1, 0.15) is 52.5 Å². The quantitative estimate of drug-likeness (QED) is 0.266. The molecule has 164 valence electrons. The Morgan fingerprint density at radius 3 is 2.41 bits per heavy atom. The number of carbonyl (C=O) groups is 1.